The third-order valence-corrected chi connectivity index (χ3v) is 2.03. The largest absolute Gasteiger partial charge is 0.677 e. The Labute approximate surface area is 92.4 Å². The Bertz CT molecular complexity index is 58.9. The summed E-state index contributed by atoms with van der Waals surface area (Å²) in [7, 11) is 0. The van der Waals surface area contributed by atoms with Crippen LogP contribution < -0.4 is 0 Å². The average molecular weight is 204 g/mol. The molecule has 2 heteroatoms. The van der Waals surface area contributed by atoms with Crippen molar-refractivity contribution >= 4 is 0 Å². The molecule has 0 fully saturated rings. The maximum Gasteiger partial charge on any atom is 0 e. The Morgan fingerprint density at radius 2 is 1.17 bits per heavy atom. The number of hydrogen-bond acceptors (Lipinski definition) is 0. The first kappa shape index (κ1) is 15.2. The smallest absolute Gasteiger partial charge is 0 e. The molecule has 0 aliphatic heterocycles. The fourth-order valence-electron chi connectivity index (χ4n) is 1.26. The second kappa shape index (κ2) is 14.2. The Hall–Kier alpha value is 0.674. The van der Waals surface area contributed by atoms with Gasteiger partial charge in [-0.3, -0.25) is 0 Å². The summed E-state index contributed by atoms with van der Waals surface area (Å²) in [6.07, 6.45) is 10.7. The predicted molar refractivity (Wildman–Crippen MR) is 51.8 cm³/mol. The van der Waals surface area contributed by atoms with E-state index in [1.54, 1.807) is 0 Å². The van der Waals surface area contributed by atoms with Gasteiger partial charge >= 0.3 is 0 Å². The van der Waals surface area contributed by atoms with Crippen molar-refractivity contribution in [2.24, 2.45) is 0 Å². The molecule has 0 saturated carbocycles. The van der Waals surface area contributed by atoms with Crippen LogP contribution in [0.2, 0.25) is 0 Å². The van der Waals surface area contributed by atoms with E-state index in [9.17, 15) is 0 Å². The molecule has 1 N–H and O–H groups in total. The van der Waals surface area contributed by atoms with Crippen molar-refractivity contribution in [1.29, 1.82) is 0 Å². The topological polar surface area (TPSA) is 23.8 Å². The quantitative estimate of drug-likeness (QED) is 0.418. The zero-order valence-electron chi connectivity index (χ0n) is 8.36. The maximum absolute atomic E-state index is 6.95. The first-order valence-electron chi connectivity index (χ1n) is 5.06. The number of rotatable bonds is 8. The molecule has 0 unspecified atom stereocenters. The van der Waals surface area contributed by atoms with E-state index >= 15 is 0 Å². The van der Waals surface area contributed by atoms with Crippen molar-refractivity contribution in [3.05, 3.63) is 5.73 Å². The third-order valence-electron chi connectivity index (χ3n) is 2.03. The maximum atomic E-state index is 6.95. The zero-order chi connectivity index (χ0) is 8.36. The minimum Gasteiger partial charge on any atom is -0.677 e. The summed E-state index contributed by atoms with van der Waals surface area (Å²) in [5, 5.41) is 0. The van der Waals surface area contributed by atoms with Crippen LogP contribution in [0.3, 0.4) is 0 Å². The van der Waals surface area contributed by atoms with E-state index in [4.69, 9.17) is 5.73 Å². The molecule has 0 amide bonds. The summed E-state index contributed by atoms with van der Waals surface area (Å²) in [5.74, 6) is 0. The third kappa shape index (κ3) is 13.3. The van der Waals surface area contributed by atoms with Crippen LogP contribution in [0.25, 0.3) is 5.73 Å². The van der Waals surface area contributed by atoms with Crippen LogP contribution in [0.5, 0.6) is 0 Å². The number of hydrogen-bond donors (Lipinski definition) is 0. The minimum absolute atomic E-state index is 0. The van der Waals surface area contributed by atoms with Gasteiger partial charge in [-0.2, -0.15) is 6.54 Å². The molecule has 0 bridgehead atoms. The van der Waals surface area contributed by atoms with Gasteiger partial charge in [-0.1, -0.05) is 58.3 Å². The Balaban J connectivity index is 0. The molecule has 0 rings (SSSR count). The Morgan fingerprint density at radius 3 is 1.58 bits per heavy atom. The Kier molecular flexibility index (Phi) is 18.0. The van der Waals surface area contributed by atoms with Crippen molar-refractivity contribution in [1.82, 2.24) is 0 Å². The summed E-state index contributed by atoms with van der Waals surface area (Å²) in [6.45, 7) is 2.87. The van der Waals surface area contributed by atoms with Crippen LogP contribution in [0.1, 0.15) is 58.3 Å². The molecule has 1 nitrogen and oxygen atoms in total. The van der Waals surface area contributed by atoms with Crippen LogP contribution in [0.4, 0.5) is 0 Å². The molecular weight excluding hydrogens is 182 g/mol. The van der Waals surface area contributed by atoms with Gasteiger partial charge in [-0.05, 0) is 0 Å². The second-order valence-corrected chi connectivity index (χ2v) is 3.22. The van der Waals surface area contributed by atoms with Crippen LogP contribution in [-0.2, 0) is 21.7 Å². The van der Waals surface area contributed by atoms with Gasteiger partial charge in [0.2, 0.25) is 0 Å². The van der Waals surface area contributed by atoms with Crippen LogP contribution in [0, 0.1) is 0 Å². The van der Waals surface area contributed by atoms with Gasteiger partial charge in [-0.25, -0.2) is 0 Å². The molecule has 12 heavy (non-hydrogen) atoms. The summed E-state index contributed by atoms with van der Waals surface area (Å²) < 4.78 is 0. The monoisotopic (exact) mass is 204 g/mol. The van der Waals surface area contributed by atoms with E-state index in [-0.39, 0.29) is 21.7 Å². The van der Waals surface area contributed by atoms with E-state index in [1.165, 1.54) is 44.9 Å². The summed E-state index contributed by atoms with van der Waals surface area (Å²) in [6, 6.07) is 0. The molecule has 72 valence electrons. The van der Waals surface area contributed by atoms with E-state index in [0.717, 1.165) is 6.42 Å². The molecular formula is C10H22NTi-. The van der Waals surface area contributed by atoms with E-state index < -0.39 is 0 Å². The normalized spacial score (nSPS) is 9.50. The van der Waals surface area contributed by atoms with Crippen LogP contribution >= 0.6 is 0 Å². The van der Waals surface area contributed by atoms with Gasteiger partial charge in [-0.15, -0.1) is 0 Å². The van der Waals surface area contributed by atoms with Crippen molar-refractivity contribution < 1.29 is 21.7 Å². The van der Waals surface area contributed by atoms with Gasteiger partial charge in [0.25, 0.3) is 0 Å². The van der Waals surface area contributed by atoms with Crippen LogP contribution in [-0.4, -0.2) is 6.54 Å². The van der Waals surface area contributed by atoms with Gasteiger partial charge < -0.3 is 5.73 Å². The Morgan fingerprint density at radius 1 is 0.750 bits per heavy atom. The fourth-order valence-corrected chi connectivity index (χ4v) is 1.26. The molecule has 0 spiro atoms. The predicted octanol–water partition coefficient (Wildman–Crippen LogP) is 4.18. The molecule has 0 aliphatic carbocycles. The molecule has 0 aromatic carbocycles. The minimum atomic E-state index is 0. The first-order valence-corrected chi connectivity index (χ1v) is 5.06. The van der Waals surface area contributed by atoms with Crippen molar-refractivity contribution in [3.63, 3.8) is 0 Å². The molecule has 0 aromatic rings. The molecule has 0 aromatic heterocycles. The molecule has 0 aliphatic rings. The number of nitrogens with one attached hydrogen (secondary N) is 1. The fraction of sp³-hybridized carbons (Fsp3) is 1.00. The van der Waals surface area contributed by atoms with E-state index in [1.807, 2.05) is 0 Å². The van der Waals surface area contributed by atoms with Gasteiger partial charge in [0.1, 0.15) is 0 Å². The van der Waals surface area contributed by atoms with Gasteiger partial charge in [0.05, 0.1) is 0 Å². The summed E-state index contributed by atoms with van der Waals surface area (Å²) in [5.41, 5.74) is 6.95. The van der Waals surface area contributed by atoms with E-state index in [2.05, 4.69) is 6.92 Å². The van der Waals surface area contributed by atoms with E-state index in [0.29, 0.717) is 6.54 Å². The van der Waals surface area contributed by atoms with Crippen molar-refractivity contribution in [2.45, 2.75) is 58.3 Å². The summed E-state index contributed by atoms with van der Waals surface area (Å²) in [4.78, 5) is 0. The molecule has 0 atom stereocenters. The number of unbranched alkanes of at least 4 members (excludes halogenated alkanes) is 7. The van der Waals surface area contributed by atoms with Crippen LogP contribution in [0.15, 0.2) is 0 Å². The molecule has 0 heterocycles. The first-order chi connectivity index (χ1) is 5.41. The van der Waals surface area contributed by atoms with Crippen molar-refractivity contribution in [3.8, 4) is 0 Å². The summed E-state index contributed by atoms with van der Waals surface area (Å²) >= 11 is 0. The molecule has 0 radical (unpaired) electrons. The molecule has 0 saturated heterocycles. The second-order valence-electron chi connectivity index (χ2n) is 3.22. The zero-order valence-corrected chi connectivity index (χ0v) is 9.93. The average Bonchev–Trinajstić information content (AvgIpc) is 2.03. The standard InChI is InChI=1S/C10H22N.Ti/c1-2-3-4-5-6-7-8-9-10-11;/h11H,2-10H2,1H3;/q-1;. The SMILES string of the molecule is CCCCCCCCCC[NH-].[Ti]. The van der Waals surface area contributed by atoms with Gasteiger partial charge in [0, 0.05) is 21.7 Å². The van der Waals surface area contributed by atoms with Crippen molar-refractivity contribution in [2.75, 3.05) is 6.54 Å². The van der Waals surface area contributed by atoms with Gasteiger partial charge in [0.15, 0.2) is 0 Å².